The van der Waals surface area contributed by atoms with Crippen LogP contribution >= 0.6 is 0 Å². The van der Waals surface area contributed by atoms with Gasteiger partial charge in [0.1, 0.15) is 0 Å². The molecule has 0 amide bonds. The standard InChI is InChI=1S/C18H17NO3/c1-12(20)14-5-6-16-10-19(11-17(16)8-14)9-13-3-2-4-15(7-13)18(21)22/h2-8H,9-11H2,1H3,(H,21,22). The third kappa shape index (κ3) is 2.92. The van der Waals surface area contributed by atoms with Crippen LogP contribution in [-0.2, 0) is 19.6 Å². The highest BCUT2D eigenvalue weighted by atomic mass is 16.4. The monoisotopic (exact) mass is 295 g/mol. The van der Waals surface area contributed by atoms with Crippen LogP contribution in [0.5, 0.6) is 0 Å². The van der Waals surface area contributed by atoms with Crippen molar-refractivity contribution in [1.82, 2.24) is 4.90 Å². The lowest BCUT2D eigenvalue weighted by Gasteiger charge is -2.15. The lowest BCUT2D eigenvalue weighted by Crippen LogP contribution is -2.15. The summed E-state index contributed by atoms with van der Waals surface area (Å²) in [7, 11) is 0. The zero-order chi connectivity index (χ0) is 15.7. The smallest absolute Gasteiger partial charge is 0.335 e. The fourth-order valence-corrected chi connectivity index (χ4v) is 2.86. The van der Waals surface area contributed by atoms with Gasteiger partial charge in [-0.3, -0.25) is 9.69 Å². The maximum absolute atomic E-state index is 11.4. The number of carbonyl (C=O) groups is 2. The Morgan fingerprint density at radius 3 is 2.55 bits per heavy atom. The number of ketones is 1. The molecular formula is C18H17NO3. The predicted octanol–water partition coefficient (Wildman–Crippen LogP) is 3.10. The van der Waals surface area contributed by atoms with Gasteiger partial charge in [-0.1, -0.05) is 24.3 Å². The van der Waals surface area contributed by atoms with Crippen molar-refractivity contribution in [3.63, 3.8) is 0 Å². The van der Waals surface area contributed by atoms with Crippen LogP contribution in [0.4, 0.5) is 0 Å². The molecule has 1 aliphatic heterocycles. The van der Waals surface area contributed by atoms with Crippen LogP contribution in [0, 0.1) is 0 Å². The van der Waals surface area contributed by atoms with Gasteiger partial charge >= 0.3 is 5.97 Å². The second kappa shape index (κ2) is 5.73. The highest BCUT2D eigenvalue weighted by Gasteiger charge is 2.20. The molecule has 0 bridgehead atoms. The van der Waals surface area contributed by atoms with Crippen molar-refractivity contribution in [2.45, 2.75) is 26.6 Å². The van der Waals surface area contributed by atoms with Crippen molar-refractivity contribution < 1.29 is 14.7 Å². The zero-order valence-electron chi connectivity index (χ0n) is 12.4. The van der Waals surface area contributed by atoms with E-state index >= 15 is 0 Å². The number of hydrogen-bond donors (Lipinski definition) is 1. The molecule has 0 spiro atoms. The van der Waals surface area contributed by atoms with E-state index < -0.39 is 5.97 Å². The van der Waals surface area contributed by atoms with Gasteiger partial charge in [0.25, 0.3) is 0 Å². The Balaban J connectivity index is 1.75. The number of aromatic carboxylic acids is 1. The molecule has 1 aliphatic rings. The van der Waals surface area contributed by atoms with Gasteiger partial charge in [-0.15, -0.1) is 0 Å². The van der Waals surface area contributed by atoms with E-state index in [9.17, 15) is 9.59 Å². The SMILES string of the molecule is CC(=O)c1ccc2c(c1)CN(Cc1cccc(C(=O)O)c1)C2. The van der Waals surface area contributed by atoms with Crippen LogP contribution in [0.25, 0.3) is 0 Å². The van der Waals surface area contributed by atoms with Gasteiger partial charge in [0.05, 0.1) is 5.56 Å². The van der Waals surface area contributed by atoms with Gasteiger partial charge < -0.3 is 5.11 Å². The number of carboxylic acids is 1. The number of rotatable bonds is 4. The summed E-state index contributed by atoms with van der Waals surface area (Å²) in [6, 6.07) is 12.9. The van der Waals surface area contributed by atoms with Crippen LogP contribution in [-0.4, -0.2) is 21.8 Å². The molecule has 0 atom stereocenters. The minimum absolute atomic E-state index is 0.0791. The number of fused-ring (bicyclic) bond motifs is 1. The van der Waals surface area contributed by atoms with Crippen LogP contribution < -0.4 is 0 Å². The first-order valence-electron chi connectivity index (χ1n) is 7.20. The largest absolute Gasteiger partial charge is 0.478 e. The van der Waals surface area contributed by atoms with Crippen molar-refractivity contribution in [2.24, 2.45) is 0 Å². The maximum Gasteiger partial charge on any atom is 0.335 e. The Labute approximate surface area is 129 Å². The maximum atomic E-state index is 11.4. The molecule has 1 heterocycles. The summed E-state index contributed by atoms with van der Waals surface area (Å²) in [6.07, 6.45) is 0. The van der Waals surface area contributed by atoms with Gasteiger partial charge in [-0.2, -0.15) is 0 Å². The number of carboxylic acid groups (broad SMARTS) is 1. The third-order valence-electron chi connectivity index (χ3n) is 3.98. The van der Waals surface area contributed by atoms with E-state index in [4.69, 9.17) is 5.11 Å². The van der Waals surface area contributed by atoms with E-state index in [0.717, 1.165) is 24.2 Å². The minimum Gasteiger partial charge on any atom is -0.478 e. The lowest BCUT2D eigenvalue weighted by molar-refractivity contribution is 0.0696. The fraction of sp³-hybridized carbons (Fsp3) is 0.222. The molecule has 0 saturated carbocycles. The normalized spacial score (nSPS) is 13.9. The molecule has 4 heteroatoms. The van der Waals surface area contributed by atoms with E-state index in [1.165, 1.54) is 11.1 Å². The number of nitrogens with zero attached hydrogens (tertiary/aromatic N) is 1. The van der Waals surface area contributed by atoms with Crippen molar-refractivity contribution >= 4 is 11.8 Å². The summed E-state index contributed by atoms with van der Waals surface area (Å²) in [5, 5.41) is 9.05. The second-order valence-electron chi connectivity index (χ2n) is 5.69. The molecule has 1 N–H and O–H groups in total. The molecule has 112 valence electrons. The van der Waals surface area contributed by atoms with Gasteiger partial charge in [-0.25, -0.2) is 4.79 Å². The van der Waals surface area contributed by atoms with Crippen molar-refractivity contribution in [3.8, 4) is 0 Å². The molecule has 2 aromatic rings. The molecule has 0 aliphatic carbocycles. The Bertz CT molecular complexity index is 752. The summed E-state index contributed by atoms with van der Waals surface area (Å²) in [4.78, 5) is 24.7. The van der Waals surface area contributed by atoms with Crippen LogP contribution in [0.2, 0.25) is 0 Å². The second-order valence-corrected chi connectivity index (χ2v) is 5.69. The molecule has 0 saturated heterocycles. The van der Waals surface area contributed by atoms with Gasteiger partial charge in [0.2, 0.25) is 0 Å². The van der Waals surface area contributed by atoms with Crippen molar-refractivity contribution in [1.29, 1.82) is 0 Å². The Morgan fingerprint density at radius 1 is 1.05 bits per heavy atom. The summed E-state index contributed by atoms with van der Waals surface area (Å²) in [6.45, 7) is 3.88. The summed E-state index contributed by atoms with van der Waals surface area (Å²) >= 11 is 0. The highest BCUT2D eigenvalue weighted by Crippen LogP contribution is 2.25. The average molecular weight is 295 g/mol. The molecule has 22 heavy (non-hydrogen) atoms. The van der Waals surface area contributed by atoms with Crippen LogP contribution in [0.1, 0.15) is 44.3 Å². The van der Waals surface area contributed by atoms with E-state index in [0.29, 0.717) is 12.1 Å². The van der Waals surface area contributed by atoms with E-state index in [1.54, 1.807) is 25.1 Å². The topological polar surface area (TPSA) is 57.6 Å². The van der Waals surface area contributed by atoms with Crippen molar-refractivity contribution in [2.75, 3.05) is 0 Å². The summed E-state index contributed by atoms with van der Waals surface area (Å²) in [5.41, 5.74) is 4.46. The molecule has 4 nitrogen and oxygen atoms in total. The Hall–Kier alpha value is -2.46. The number of carbonyl (C=O) groups excluding carboxylic acids is 1. The number of Topliss-reactive ketones (excluding diaryl/α,β-unsaturated/α-hetero) is 1. The van der Waals surface area contributed by atoms with Gasteiger partial charge in [0, 0.05) is 25.2 Å². The molecule has 0 fully saturated rings. The Kier molecular flexibility index (Phi) is 3.77. The van der Waals surface area contributed by atoms with Gasteiger partial charge in [0.15, 0.2) is 5.78 Å². The summed E-state index contributed by atoms with van der Waals surface area (Å²) < 4.78 is 0. The first-order chi connectivity index (χ1) is 10.5. The lowest BCUT2D eigenvalue weighted by atomic mass is 10.0. The molecule has 0 unspecified atom stereocenters. The molecule has 0 aromatic heterocycles. The summed E-state index contributed by atoms with van der Waals surface area (Å²) in [5.74, 6) is -0.826. The first kappa shape index (κ1) is 14.5. The Morgan fingerprint density at radius 2 is 1.82 bits per heavy atom. The minimum atomic E-state index is -0.905. The van der Waals surface area contributed by atoms with E-state index in [1.807, 2.05) is 24.3 Å². The predicted molar refractivity (Wildman–Crippen MR) is 82.8 cm³/mol. The van der Waals surface area contributed by atoms with Crippen LogP contribution in [0.15, 0.2) is 42.5 Å². The number of benzene rings is 2. The number of hydrogen-bond acceptors (Lipinski definition) is 3. The first-order valence-corrected chi connectivity index (χ1v) is 7.20. The average Bonchev–Trinajstić information content (AvgIpc) is 2.88. The molecule has 2 aromatic carbocycles. The molecular weight excluding hydrogens is 278 g/mol. The quantitative estimate of drug-likeness (QED) is 0.881. The van der Waals surface area contributed by atoms with Crippen LogP contribution in [0.3, 0.4) is 0 Å². The van der Waals surface area contributed by atoms with Crippen molar-refractivity contribution in [3.05, 3.63) is 70.3 Å². The highest BCUT2D eigenvalue weighted by molar-refractivity contribution is 5.94. The molecule has 0 radical (unpaired) electrons. The third-order valence-corrected chi connectivity index (χ3v) is 3.98. The zero-order valence-corrected chi connectivity index (χ0v) is 12.4. The van der Waals surface area contributed by atoms with E-state index in [2.05, 4.69) is 4.90 Å². The fourth-order valence-electron chi connectivity index (χ4n) is 2.86. The van der Waals surface area contributed by atoms with Gasteiger partial charge in [-0.05, 0) is 41.8 Å². The van der Waals surface area contributed by atoms with E-state index in [-0.39, 0.29) is 5.78 Å². The molecule has 3 rings (SSSR count).